The minimum absolute atomic E-state index is 0.261. The summed E-state index contributed by atoms with van der Waals surface area (Å²) in [5.41, 5.74) is 7.65. The Kier molecular flexibility index (Phi) is 4.62. The summed E-state index contributed by atoms with van der Waals surface area (Å²) in [5.74, 6) is 3.38. The number of thioether (sulfide) groups is 1. The van der Waals surface area contributed by atoms with E-state index in [9.17, 15) is 0 Å². The van der Waals surface area contributed by atoms with Gasteiger partial charge in [0.05, 0.1) is 7.11 Å². The second kappa shape index (κ2) is 6.46. The third-order valence-corrected chi connectivity index (χ3v) is 6.08. The Labute approximate surface area is 131 Å². The highest BCUT2D eigenvalue weighted by Gasteiger charge is 2.40. The zero-order chi connectivity index (χ0) is 14.7. The summed E-state index contributed by atoms with van der Waals surface area (Å²) in [5, 5.41) is 0. The third-order valence-electron chi connectivity index (χ3n) is 4.85. The van der Waals surface area contributed by atoms with Crippen molar-refractivity contribution in [2.24, 2.45) is 5.73 Å². The highest BCUT2D eigenvalue weighted by atomic mass is 32.2. The lowest BCUT2D eigenvalue weighted by Crippen LogP contribution is -2.60. The van der Waals surface area contributed by atoms with Crippen LogP contribution < -0.4 is 15.4 Å². The monoisotopic (exact) mass is 307 g/mol. The summed E-state index contributed by atoms with van der Waals surface area (Å²) in [7, 11) is 1.71. The molecule has 1 aromatic carbocycles. The Morgan fingerprint density at radius 2 is 1.90 bits per heavy atom. The predicted octanol–water partition coefficient (Wildman–Crippen LogP) is 1.65. The molecular weight excluding hydrogens is 282 g/mol. The fourth-order valence-electron chi connectivity index (χ4n) is 3.37. The van der Waals surface area contributed by atoms with Crippen LogP contribution in [0, 0.1) is 0 Å². The van der Waals surface area contributed by atoms with Crippen LogP contribution in [-0.4, -0.2) is 61.8 Å². The lowest BCUT2D eigenvalue weighted by atomic mass is 9.95. The number of anilines is 1. The van der Waals surface area contributed by atoms with Crippen molar-refractivity contribution in [1.82, 2.24) is 4.90 Å². The van der Waals surface area contributed by atoms with Gasteiger partial charge in [-0.15, -0.1) is 0 Å². The Balaban J connectivity index is 1.61. The van der Waals surface area contributed by atoms with Crippen LogP contribution in [0.2, 0.25) is 0 Å². The first-order valence-electron chi connectivity index (χ1n) is 7.69. The summed E-state index contributed by atoms with van der Waals surface area (Å²) in [6, 6.07) is 8.38. The number of hydrogen-bond acceptors (Lipinski definition) is 5. The van der Waals surface area contributed by atoms with E-state index in [0.717, 1.165) is 38.5 Å². The number of nitrogens with zero attached hydrogens (tertiary/aromatic N) is 2. The van der Waals surface area contributed by atoms with Crippen molar-refractivity contribution < 1.29 is 4.74 Å². The van der Waals surface area contributed by atoms with Gasteiger partial charge in [0.25, 0.3) is 0 Å². The molecule has 2 aliphatic heterocycles. The van der Waals surface area contributed by atoms with Crippen LogP contribution in [0.5, 0.6) is 5.75 Å². The quantitative estimate of drug-likeness (QED) is 0.916. The molecule has 116 valence electrons. The second-order valence-corrected chi connectivity index (χ2v) is 7.01. The average Bonchev–Trinajstić information content (AvgIpc) is 3.05. The minimum atomic E-state index is 0.261. The van der Waals surface area contributed by atoms with Gasteiger partial charge in [-0.1, -0.05) is 0 Å². The van der Waals surface area contributed by atoms with Crippen molar-refractivity contribution in [3.63, 3.8) is 0 Å². The molecule has 0 spiro atoms. The van der Waals surface area contributed by atoms with Crippen LogP contribution in [0.4, 0.5) is 5.69 Å². The SMILES string of the molecule is COc1ccc(N2CCN(C3(CN)CCSC3)CC2)cc1. The highest BCUT2D eigenvalue weighted by molar-refractivity contribution is 7.99. The van der Waals surface area contributed by atoms with Crippen molar-refractivity contribution >= 4 is 17.4 Å². The minimum Gasteiger partial charge on any atom is -0.497 e. The van der Waals surface area contributed by atoms with Gasteiger partial charge in [-0.3, -0.25) is 4.90 Å². The van der Waals surface area contributed by atoms with Crippen LogP contribution in [0.1, 0.15) is 6.42 Å². The summed E-state index contributed by atoms with van der Waals surface area (Å²) < 4.78 is 5.23. The fraction of sp³-hybridized carbons (Fsp3) is 0.625. The smallest absolute Gasteiger partial charge is 0.119 e. The number of piperazine rings is 1. The van der Waals surface area contributed by atoms with Crippen LogP contribution in [-0.2, 0) is 0 Å². The molecule has 1 atom stereocenters. The molecule has 0 saturated carbocycles. The molecular formula is C16H25N3OS. The molecule has 2 N–H and O–H groups in total. The molecule has 4 nitrogen and oxygen atoms in total. The zero-order valence-corrected chi connectivity index (χ0v) is 13.6. The van der Waals surface area contributed by atoms with Crippen molar-refractivity contribution in [3.05, 3.63) is 24.3 Å². The van der Waals surface area contributed by atoms with E-state index in [2.05, 4.69) is 33.7 Å². The average molecular weight is 307 g/mol. The Morgan fingerprint density at radius 3 is 2.43 bits per heavy atom. The zero-order valence-electron chi connectivity index (χ0n) is 12.8. The summed E-state index contributed by atoms with van der Waals surface area (Å²) >= 11 is 2.05. The molecule has 0 bridgehead atoms. The fourth-order valence-corrected chi connectivity index (χ4v) is 4.86. The van der Waals surface area contributed by atoms with Gasteiger partial charge < -0.3 is 15.4 Å². The Hall–Kier alpha value is -0.910. The first-order valence-corrected chi connectivity index (χ1v) is 8.85. The number of ether oxygens (including phenoxy) is 1. The molecule has 0 amide bonds. The normalized spacial score (nSPS) is 27.0. The Morgan fingerprint density at radius 1 is 1.19 bits per heavy atom. The van der Waals surface area contributed by atoms with Crippen LogP contribution >= 0.6 is 11.8 Å². The van der Waals surface area contributed by atoms with E-state index in [1.807, 2.05) is 12.1 Å². The van der Waals surface area contributed by atoms with E-state index in [-0.39, 0.29) is 5.54 Å². The molecule has 21 heavy (non-hydrogen) atoms. The van der Waals surface area contributed by atoms with E-state index >= 15 is 0 Å². The summed E-state index contributed by atoms with van der Waals surface area (Å²) in [6.07, 6.45) is 1.25. The van der Waals surface area contributed by atoms with Crippen LogP contribution in [0.25, 0.3) is 0 Å². The number of methoxy groups -OCH3 is 1. The topological polar surface area (TPSA) is 41.7 Å². The number of nitrogens with two attached hydrogens (primary N) is 1. The van der Waals surface area contributed by atoms with Crippen molar-refractivity contribution in [3.8, 4) is 5.75 Å². The molecule has 1 unspecified atom stereocenters. The van der Waals surface area contributed by atoms with Crippen molar-refractivity contribution in [1.29, 1.82) is 0 Å². The van der Waals surface area contributed by atoms with Gasteiger partial charge in [0.1, 0.15) is 5.75 Å². The molecule has 0 radical (unpaired) electrons. The van der Waals surface area contributed by atoms with Crippen LogP contribution in [0.3, 0.4) is 0 Å². The maximum atomic E-state index is 6.09. The Bertz CT molecular complexity index is 451. The van der Waals surface area contributed by atoms with Crippen molar-refractivity contribution in [2.45, 2.75) is 12.0 Å². The molecule has 2 saturated heterocycles. The molecule has 3 rings (SSSR count). The highest BCUT2D eigenvalue weighted by Crippen LogP contribution is 2.33. The van der Waals surface area contributed by atoms with Gasteiger partial charge in [-0.2, -0.15) is 11.8 Å². The second-order valence-electron chi connectivity index (χ2n) is 5.90. The van der Waals surface area contributed by atoms with Crippen LogP contribution in [0.15, 0.2) is 24.3 Å². The third kappa shape index (κ3) is 3.00. The number of benzene rings is 1. The largest absolute Gasteiger partial charge is 0.497 e. The first kappa shape index (κ1) is 15.0. The molecule has 1 aromatic rings. The molecule has 2 heterocycles. The maximum absolute atomic E-state index is 6.09. The lowest BCUT2D eigenvalue weighted by molar-refractivity contribution is 0.109. The first-order chi connectivity index (χ1) is 10.3. The van der Waals surface area contributed by atoms with Gasteiger partial charge in [-0.25, -0.2) is 0 Å². The number of hydrogen-bond donors (Lipinski definition) is 1. The van der Waals surface area contributed by atoms with Gasteiger partial charge in [0, 0.05) is 49.7 Å². The molecule has 0 aliphatic carbocycles. The van der Waals surface area contributed by atoms with Crippen molar-refractivity contribution in [2.75, 3.05) is 56.2 Å². The lowest BCUT2D eigenvalue weighted by Gasteiger charge is -2.45. The van der Waals surface area contributed by atoms with E-state index in [4.69, 9.17) is 10.5 Å². The van der Waals surface area contributed by atoms with Gasteiger partial charge in [0.15, 0.2) is 0 Å². The molecule has 5 heteroatoms. The van der Waals surface area contributed by atoms with E-state index in [0.29, 0.717) is 0 Å². The maximum Gasteiger partial charge on any atom is 0.119 e. The molecule has 2 fully saturated rings. The van der Waals surface area contributed by atoms with Gasteiger partial charge in [0.2, 0.25) is 0 Å². The van der Waals surface area contributed by atoms with Gasteiger partial charge in [-0.05, 0) is 36.4 Å². The summed E-state index contributed by atoms with van der Waals surface area (Å²) in [4.78, 5) is 5.09. The predicted molar refractivity (Wildman–Crippen MR) is 90.5 cm³/mol. The molecule has 2 aliphatic rings. The molecule has 0 aromatic heterocycles. The van der Waals surface area contributed by atoms with Gasteiger partial charge >= 0.3 is 0 Å². The van der Waals surface area contributed by atoms with E-state index in [1.165, 1.54) is 23.6 Å². The van der Waals surface area contributed by atoms with E-state index in [1.54, 1.807) is 7.11 Å². The standard InChI is InChI=1S/C16H25N3OS/c1-20-15-4-2-14(3-5-15)18-7-9-19(10-8-18)16(12-17)6-11-21-13-16/h2-5H,6-13,17H2,1H3. The van der Waals surface area contributed by atoms with E-state index < -0.39 is 0 Å². The summed E-state index contributed by atoms with van der Waals surface area (Å²) in [6.45, 7) is 5.19. The number of rotatable bonds is 4.